The van der Waals surface area contributed by atoms with E-state index in [0.29, 0.717) is 5.92 Å². The Kier molecular flexibility index (Phi) is 7.80. The molecule has 8 heteroatoms. The van der Waals surface area contributed by atoms with Crippen LogP contribution >= 0.6 is 0 Å². The normalized spacial score (nSPS) is 15.2. The van der Waals surface area contributed by atoms with Crippen LogP contribution in [0, 0.1) is 0 Å². The second kappa shape index (κ2) is 12.8. The molecule has 2 N–H and O–H groups in total. The molecule has 0 amide bonds. The van der Waals surface area contributed by atoms with Crippen LogP contribution in [0.1, 0.15) is 47.1 Å². The molecule has 0 fully saturated rings. The molecule has 3 aliphatic heterocycles. The lowest BCUT2D eigenvalue weighted by Gasteiger charge is -2.18. The minimum atomic E-state index is 0.327. The second-order valence-electron chi connectivity index (χ2n) is 14.2. The maximum atomic E-state index is 5.47. The molecule has 6 aromatic heterocycles. The minimum absolute atomic E-state index is 0.327. The molecule has 254 valence electrons. The van der Waals surface area contributed by atoms with Crippen molar-refractivity contribution in [3.05, 3.63) is 126 Å². The summed E-state index contributed by atoms with van der Waals surface area (Å²) in [5, 5.41) is 0. The number of nitrogens with zero attached hydrogens (tertiary/aromatic N) is 6. The number of hydrogen-bond acceptors (Lipinski definition) is 2. The Morgan fingerprint density at radius 2 is 0.885 bits per heavy atom. The molecule has 0 spiro atoms. The van der Waals surface area contributed by atoms with E-state index in [2.05, 4.69) is 164 Å². The van der Waals surface area contributed by atoms with Crippen LogP contribution in [0.15, 0.2) is 97.8 Å². The largest absolute Gasteiger partial charge is 0.355 e. The number of aromatic amines is 2. The molecule has 0 saturated carbocycles. The molecule has 9 heterocycles. The van der Waals surface area contributed by atoms with Crippen molar-refractivity contribution in [1.82, 2.24) is 19.9 Å². The monoisotopic (exact) mass is 682 g/mol. The number of rotatable bonds is 4. The summed E-state index contributed by atoms with van der Waals surface area (Å²) < 4.78 is 8.50. The van der Waals surface area contributed by atoms with Gasteiger partial charge < -0.3 is 9.97 Å². The van der Waals surface area contributed by atoms with Crippen LogP contribution in [0.2, 0.25) is 0 Å². The molecule has 3 aliphatic rings. The molecule has 1 unspecified atom stereocenters. The van der Waals surface area contributed by atoms with Crippen LogP contribution in [0.3, 0.4) is 0 Å². The molecule has 1 atom stereocenters. The molecule has 0 saturated heterocycles. The highest BCUT2D eigenvalue weighted by molar-refractivity contribution is 5.97. The van der Waals surface area contributed by atoms with Crippen LogP contribution in [0.25, 0.3) is 79.8 Å². The average Bonchev–Trinajstić information content (AvgIpc) is 3.99. The first-order valence-corrected chi connectivity index (χ1v) is 17.9. The highest BCUT2D eigenvalue weighted by Gasteiger charge is 2.25. The highest BCUT2D eigenvalue weighted by atomic mass is 15.0. The Hall–Kier alpha value is -6.28. The van der Waals surface area contributed by atoms with Crippen molar-refractivity contribution < 1.29 is 18.3 Å². The molecule has 52 heavy (non-hydrogen) atoms. The Morgan fingerprint density at radius 3 is 1.31 bits per heavy atom. The van der Waals surface area contributed by atoms with E-state index in [1.807, 2.05) is 21.1 Å². The summed E-state index contributed by atoms with van der Waals surface area (Å²) in [6.07, 6.45) is 25.6. The number of pyridine rings is 3. The van der Waals surface area contributed by atoms with Gasteiger partial charge in [-0.25, -0.2) is 28.2 Å². The first kappa shape index (κ1) is 31.7. The standard InChI is InChI=1S/C44H41N8/c1-49-21-13-29(14-22-49)41-33-5-7-35(45-33)42(30-15-23-50(2)24-16-30)37-9-11-39(47-37)44(32-19-27-52(4)28-20-32)40-12-10-38(48-40)43(36-8-6-34(41)46-36)31-17-25-51(3)26-18-31/h5-18,21-27,32H,19-20,28H2,1-4H3,(H,45,46,47,48)/q+3/p+1. The third kappa shape index (κ3) is 5.76. The summed E-state index contributed by atoms with van der Waals surface area (Å²) in [4.78, 5) is 18.6. The van der Waals surface area contributed by atoms with Crippen LogP contribution in [0.5, 0.6) is 0 Å². The van der Waals surface area contributed by atoms with Crippen molar-refractivity contribution >= 4 is 52.6 Å². The van der Waals surface area contributed by atoms with Gasteiger partial charge in [-0.15, -0.1) is 0 Å². The second-order valence-corrected chi connectivity index (χ2v) is 14.2. The molecule has 8 bridgehead atoms. The first-order valence-electron chi connectivity index (χ1n) is 17.9. The minimum Gasteiger partial charge on any atom is -0.355 e. The summed E-state index contributed by atoms with van der Waals surface area (Å²) >= 11 is 0. The maximum absolute atomic E-state index is 5.47. The van der Waals surface area contributed by atoms with Gasteiger partial charge in [-0.05, 0) is 65.3 Å². The molecule has 8 nitrogen and oxygen atoms in total. The zero-order chi connectivity index (χ0) is 35.3. The zero-order valence-corrected chi connectivity index (χ0v) is 30.0. The maximum Gasteiger partial charge on any atom is 0.169 e. The van der Waals surface area contributed by atoms with Gasteiger partial charge in [-0.1, -0.05) is 0 Å². The van der Waals surface area contributed by atoms with Crippen LogP contribution in [-0.4, -0.2) is 44.3 Å². The van der Waals surface area contributed by atoms with Crippen molar-refractivity contribution in [1.29, 1.82) is 0 Å². The number of aryl methyl sites for hydroxylation is 3. The topological polar surface area (TPSA) is 72.0 Å². The summed E-state index contributed by atoms with van der Waals surface area (Å²) in [5.74, 6) is 0.327. The predicted molar refractivity (Wildman–Crippen MR) is 208 cm³/mol. The third-order valence-electron chi connectivity index (χ3n) is 10.5. The zero-order valence-electron chi connectivity index (χ0n) is 30.0. The molecular weight excluding hydrogens is 641 g/mol. The van der Waals surface area contributed by atoms with Gasteiger partial charge >= 0.3 is 0 Å². The summed E-state index contributed by atoms with van der Waals surface area (Å²) in [5.41, 5.74) is 15.6. The summed E-state index contributed by atoms with van der Waals surface area (Å²) in [6.45, 7) is 1.01. The number of aromatic nitrogens is 7. The van der Waals surface area contributed by atoms with Crippen LogP contribution < -0.4 is 13.7 Å². The fourth-order valence-corrected chi connectivity index (χ4v) is 7.71. The fraction of sp³-hybridized carbons (Fsp3) is 0.182. The first-order chi connectivity index (χ1) is 25.4. The Balaban J connectivity index is 1.44. The highest BCUT2D eigenvalue weighted by Crippen LogP contribution is 2.38. The quantitative estimate of drug-likeness (QED) is 0.203. The van der Waals surface area contributed by atoms with E-state index in [1.54, 1.807) is 0 Å². The summed E-state index contributed by atoms with van der Waals surface area (Å²) in [6, 6.07) is 21.8. The van der Waals surface area contributed by atoms with E-state index in [9.17, 15) is 0 Å². The number of hydrogen-bond donors (Lipinski definition) is 2. The van der Waals surface area contributed by atoms with Gasteiger partial charge in [0.05, 0.1) is 22.8 Å². The van der Waals surface area contributed by atoms with Crippen molar-refractivity contribution in [2.75, 3.05) is 13.6 Å². The average molecular weight is 683 g/mol. The van der Waals surface area contributed by atoms with Gasteiger partial charge in [0.15, 0.2) is 37.2 Å². The van der Waals surface area contributed by atoms with Crippen LogP contribution in [-0.2, 0) is 21.1 Å². The van der Waals surface area contributed by atoms with Crippen LogP contribution in [0.4, 0.5) is 0 Å². The number of fused-ring (bicyclic) bond motifs is 8. The van der Waals surface area contributed by atoms with E-state index < -0.39 is 0 Å². The number of nitrogens with one attached hydrogen (secondary N) is 2. The van der Waals surface area contributed by atoms with E-state index in [1.165, 1.54) is 5.56 Å². The molecular formula is C44H42N8+4. The lowest BCUT2D eigenvalue weighted by atomic mass is 9.89. The molecule has 9 rings (SSSR count). The van der Waals surface area contributed by atoms with Gasteiger partial charge in [-0.2, -0.15) is 0 Å². The van der Waals surface area contributed by atoms with E-state index in [-0.39, 0.29) is 0 Å². The van der Waals surface area contributed by atoms with Gasteiger partial charge in [-0.3, -0.25) is 0 Å². The Bertz CT molecular complexity index is 2580. The Morgan fingerprint density at radius 1 is 0.500 bits per heavy atom. The SMILES string of the molecule is C[N+]1=CCC(c2c3nc(c(-c4cc[n+](C)cc4)c4ccc([nH]4)c(-c4cc[n+](C)cc4)c4nc(c(-c5cc[n+](C)cc5)c5ccc2[nH]5)C=C4)C=C3)CC1. The predicted octanol–water partition coefficient (Wildman–Crippen LogP) is 6.72. The van der Waals surface area contributed by atoms with Gasteiger partial charge in [0.2, 0.25) is 0 Å². The van der Waals surface area contributed by atoms with Crippen molar-refractivity contribution in [3.8, 4) is 33.4 Å². The van der Waals surface area contributed by atoms with E-state index in [4.69, 9.17) is 9.97 Å². The molecule has 0 aliphatic carbocycles. The molecule has 6 aromatic rings. The van der Waals surface area contributed by atoms with Crippen molar-refractivity contribution in [2.45, 2.75) is 18.8 Å². The van der Waals surface area contributed by atoms with E-state index in [0.717, 1.165) is 97.6 Å². The fourth-order valence-electron chi connectivity index (χ4n) is 7.71. The van der Waals surface area contributed by atoms with E-state index >= 15 is 0 Å². The molecule has 0 radical (unpaired) electrons. The van der Waals surface area contributed by atoms with Gasteiger partial charge in [0.1, 0.15) is 41.0 Å². The van der Waals surface area contributed by atoms with Gasteiger partial charge in [0.25, 0.3) is 0 Å². The smallest absolute Gasteiger partial charge is 0.169 e. The lowest BCUT2D eigenvalue weighted by Crippen LogP contribution is -2.25. The van der Waals surface area contributed by atoms with Crippen molar-refractivity contribution in [3.63, 3.8) is 0 Å². The number of H-pyrrole nitrogens is 2. The van der Waals surface area contributed by atoms with Gasteiger partial charge in [0, 0.05) is 99.5 Å². The Labute approximate surface area is 303 Å². The molecule has 0 aromatic carbocycles. The van der Waals surface area contributed by atoms with Crippen molar-refractivity contribution in [2.24, 2.45) is 21.1 Å². The third-order valence-corrected chi connectivity index (χ3v) is 10.5. The summed E-state index contributed by atoms with van der Waals surface area (Å²) in [7, 11) is 8.31. The lowest BCUT2D eigenvalue weighted by molar-refractivity contribution is -0.671.